The van der Waals surface area contributed by atoms with Gasteiger partial charge in [0.25, 0.3) is 0 Å². The van der Waals surface area contributed by atoms with Crippen LogP contribution in [0.4, 0.5) is 0 Å². The average Bonchev–Trinajstić information content (AvgIpc) is 2.25. The molecule has 14 heavy (non-hydrogen) atoms. The van der Waals surface area contributed by atoms with Crippen molar-refractivity contribution in [2.75, 3.05) is 19.9 Å². The van der Waals surface area contributed by atoms with Crippen molar-refractivity contribution in [1.29, 1.82) is 0 Å². The van der Waals surface area contributed by atoms with Gasteiger partial charge in [0, 0.05) is 12.6 Å². The first-order chi connectivity index (χ1) is 6.83. The first-order valence-corrected chi connectivity index (χ1v) is 5.75. The molecule has 0 aromatic heterocycles. The van der Waals surface area contributed by atoms with Crippen molar-refractivity contribution in [1.82, 2.24) is 5.32 Å². The third kappa shape index (κ3) is 4.94. The molecule has 0 saturated carbocycles. The minimum Gasteiger partial charge on any atom is -0.355 e. The van der Waals surface area contributed by atoms with E-state index in [2.05, 4.69) is 19.2 Å². The zero-order valence-corrected chi connectivity index (χ0v) is 9.42. The Morgan fingerprint density at radius 1 is 1.50 bits per heavy atom. The van der Waals surface area contributed by atoms with Crippen LogP contribution in [0.2, 0.25) is 0 Å². The van der Waals surface area contributed by atoms with Gasteiger partial charge in [-0.15, -0.1) is 0 Å². The quantitative estimate of drug-likeness (QED) is 0.712. The van der Waals surface area contributed by atoms with Gasteiger partial charge in [0.15, 0.2) is 0 Å². The van der Waals surface area contributed by atoms with E-state index in [1.807, 2.05) is 0 Å². The van der Waals surface area contributed by atoms with Crippen LogP contribution in [0.5, 0.6) is 0 Å². The standard InChI is InChI=1S/C11H23NO2/c1-3-4-5-10(2)12-8-11-6-7-13-9-14-11/h10-12H,3-9H2,1-2H3. The lowest BCUT2D eigenvalue weighted by Gasteiger charge is -2.24. The molecular weight excluding hydrogens is 178 g/mol. The maximum atomic E-state index is 5.45. The number of unbranched alkanes of at least 4 members (excludes halogenated alkanes) is 1. The Bertz CT molecular complexity index is 135. The van der Waals surface area contributed by atoms with Crippen molar-refractivity contribution in [3.8, 4) is 0 Å². The summed E-state index contributed by atoms with van der Waals surface area (Å²) in [6.07, 6.45) is 5.23. The fourth-order valence-corrected chi connectivity index (χ4v) is 1.61. The highest BCUT2D eigenvalue weighted by atomic mass is 16.7. The van der Waals surface area contributed by atoms with Gasteiger partial charge < -0.3 is 14.8 Å². The van der Waals surface area contributed by atoms with Gasteiger partial charge in [0.1, 0.15) is 6.79 Å². The molecular formula is C11H23NO2. The fraction of sp³-hybridized carbons (Fsp3) is 1.00. The smallest absolute Gasteiger partial charge is 0.147 e. The summed E-state index contributed by atoms with van der Waals surface area (Å²) >= 11 is 0. The molecule has 2 atom stereocenters. The summed E-state index contributed by atoms with van der Waals surface area (Å²) in [4.78, 5) is 0. The Morgan fingerprint density at radius 2 is 2.36 bits per heavy atom. The van der Waals surface area contributed by atoms with Crippen LogP contribution in [-0.4, -0.2) is 32.1 Å². The van der Waals surface area contributed by atoms with E-state index in [0.29, 0.717) is 18.9 Å². The number of hydrogen-bond acceptors (Lipinski definition) is 3. The third-order valence-corrected chi connectivity index (χ3v) is 2.66. The van der Waals surface area contributed by atoms with Gasteiger partial charge in [0.2, 0.25) is 0 Å². The summed E-state index contributed by atoms with van der Waals surface area (Å²) in [7, 11) is 0. The highest BCUT2D eigenvalue weighted by molar-refractivity contribution is 4.67. The van der Waals surface area contributed by atoms with Crippen LogP contribution < -0.4 is 5.32 Å². The Labute approximate surface area is 87.2 Å². The predicted molar refractivity (Wildman–Crippen MR) is 57.3 cm³/mol. The van der Waals surface area contributed by atoms with Crippen LogP contribution >= 0.6 is 0 Å². The minimum atomic E-state index is 0.354. The van der Waals surface area contributed by atoms with Crippen LogP contribution in [0.1, 0.15) is 39.5 Å². The van der Waals surface area contributed by atoms with Crippen LogP contribution in [0, 0.1) is 0 Å². The molecule has 1 saturated heterocycles. The van der Waals surface area contributed by atoms with E-state index in [1.165, 1.54) is 19.3 Å². The number of rotatable bonds is 6. The van der Waals surface area contributed by atoms with Gasteiger partial charge >= 0.3 is 0 Å². The maximum absolute atomic E-state index is 5.45. The molecule has 2 unspecified atom stereocenters. The summed E-state index contributed by atoms with van der Waals surface area (Å²) in [5.74, 6) is 0. The zero-order valence-electron chi connectivity index (χ0n) is 9.42. The summed E-state index contributed by atoms with van der Waals surface area (Å²) in [6.45, 7) is 6.75. The van der Waals surface area contributed by atoms with Gasteiger partial charge in [0.05, 0.1) is 12.7 Å². The van der Waals surface area contributed by atoms with Crippen molar-refractivity contribution in [2.45, 2.75) is 51.7 Å². The third-order valence-electron chi connectivity index (χ3n) is 2.66. The first kappa shape index (κ1) is 12.0. The van der Waals surface area contributed by atoms with E-state index in [-0.39, 0.29) is 0 Å². The normalized spacial score (nSPS) is 24.9. The van der Waals surface area contributed by atoms with Crippen molar-refractivity contribution < 1.29 is 9.47 Å². The largest absolute Gasteiger partial charge is 0.355 e. The van der Waals surface area contributed by atoms with Gasteiger partial charge in [-0.25, -0.2) is 0 Å². The molecule has 3 nitrogen and oxygen atoms in total. The lowest BCUT2D eigenvalue weighted by atomic mass is 10.1. The number of ether oxygens (including phenoxy) is 2. The Hall–Kier alpha value is -0.120. The number of hydrogen-bond donors (Lipinski definition) is 1. The average molecular weight is 201 g/mol. The SMILES string of the molecule is CCCCC(C)NCC1CCOCO1. The van der Waals surface area contributed by atoms with E-state index in [9.17, 15) is 0 Å². The molecule has 0 spiro atoms. The molecule has 3 heteroatoms. The van der Waals surface area contributed by atoms with E-state index in [1.54, 1.807) is 0 Å². The number of nitrogens with one attached hydrogen (secondary N) is 1. The van der Waals surface area contributed by atoms with Crippen LogP contribution in [0.25, 0.3) is 0 Å². The van der Waals surface area contributed by atoms with E-state index < -0.39 is 0 Å². The topological polar surface area (TPSA) is 30.5 Å². The molecule has 0 radical (unpaired) electrons. The van der Waals surface area contributed by atoms with Crippen molar-refractivity contribution >= 4 is 0 Å². The lowest BCUT2D eigenvalue weighted by molar-refractivity contribution is -0.137. The Kier molecular flexibility index (Phi) is 6.15. The van der Waals surface area contributed by atoms with Crippen molar-refractivity contribution in [3.05, 3.63) is 0 Å². The summed E-state index contributed by atoms with van der Waals surface area (Å²) in [6, 6.07) is 0.612. The van der Waals surface area contributed by atoms with Gasteiger partial charge in [-0.3, -0.25) is 0 Å². The molecule has 1 heterocycles. The van der Waals surface area contributed by atoms with E-state index >= 15 is 0 Å². The fourth-order valence-electron chi connectivity index (χ4n) is 1.61. The second kappa shape index (κ2) is 7.21. The second-order valence-corrected chi connectivity index (χ2v) is 4.05. The molecule has 1 fully saturated rings. The molecule has 1 aliphatic heterocycles. The summed E-state index contributed by atoms with van der Waals surface area (Å²) in [5.41, 5.74) is 0. The van der Waals surface area contributed by atoms with Gasteiger partial charge in [-0.05, 0) is 19.8 Å². The molecule has 0 aliphatic carbocycles. The molecule has 84 valence electrons. The summed E-state index contributed by atoms with van der Waals surface area (Å²) < 4.78 is 10.6. The molecule has 1 aliphatic rings. The van der Waals surface area contributed by atoms with Gasteiger partial charge in [-0.1, -0.05) is 19.8 Å². The molecule has 0 aromatic carbocycles. The van der Waals surface area contributed by atoms with Crippen molar-refractivity contribution in [3.63, 3.8) is 0 Å². The van der Waals surface area contributed by atoms with E-state index in [4.69, 9.17) is 9.47 Å². The monoisotopic (exact) mass is 201 g/mol. The molecule has 1 N–H and O–H groups in total. The summed E-state index contributed by atoms with van der Waals surface area (Å²) in [5, 5.41) is 3.51. The zero-order chi connectivity index (χ0) is 10.2. The van der Waals surface area contributed by atoms with Crippen LogP contribution in [0.15, 0.2) is 0 Å². The van der Waals surface area contributed by atoms with Crippen LogP contribution in [-0.2, 0) is 9.47 Å². The minimum absolute atomic E-state index is 0.354. The predicted octanol–water partition coefficient (Wildman–Crippen LogP) is 1.92. The maximum Gasteiger partial charge on any atom is 0.147 e. The van der Waals surface area contributed by atoms with Crippen molar-refractivity contribution in [2.24, 2.45) is 0 Å². The second-order valence-electron chi connectivity index (χ2n) is 4.05. The van der Waals surface area contributed by atoms with Crippen LogP contribution in [0.3, 0.4) is 0 Å². The van der Waals surface area contributed by atoms with E-state index in [0.717, 1.165) is 19.6 Å². The molecule has 1 rings (SSSR count). The Balaban J connectivity index is 2.00. The Morgan fingerprint density at radius 3 is 3.00 bits per heavy atom. The highest BCUT2D eigenvalue weighted by Gasteiger charge is 2.14. The molecule has 0 aromatic rings. The lowest BCUT2D eigenvalue weighted by Crippen LogP contribution is -2.38. The highest BCUT2D eigenvalue weighted by Crippen LogP contribution is 2.06. The molecule has 0 amide bonds. The molecule has 0 bridgehead atoms. The van der Waals surface area contributed by atoms with Gasteiger partial charge in [-0.2, -0.15) is 0 Å². The first-order valence-electron chi connectivity index (χ1n) is 5.75.